The number of nitrogens with zero attached hydrogens (tertiary/aromatic N) is 1. The molecule has 1 aromatic carbocycles. The number of rotatable bonds is 9. The molecule has 0 saturated carbocycles. The van der Waals surface area contributed by atoms with Gasteiger partial charge in [-0.15, -0.1) is 0 Å². The molecule has 3 heterocycles. The number of hydrogen-bond acceptors (Lipinski definition) is 5. The van der Waals surface area contributed by atoms with E-state index in [9.17, 15) is 19.5 Å². The van der Waals surface area contributed by atoms with Crippen molar-refractivity contribution in [2.75, 3.05) is 11.9 Å². The zero-order chi connectivity index (χ0) is 25.5. The molecular weight excluding hydrogens is 446 g/mol. The molecule has 6 atom stereocenters. The van der Waals surface area contributed by atoms with Crippen LogP contribution in [0.15, 0.2) is 30.3 Å². The molecule has 3 N–H and O–H groups in total. The maximum atomic E-state index is 14.2. The van der Waals surface area contributed by atoms with Gasteiger partial charge in [0.1, 0.15) is 11.6 Å². The third-order valence-corrected chi connectivity index (χ3v) is 7.97. The molecular formula is C27H39N3O5. The van der Waals surface area contributed by atoms with Crippen molar-refractivity contribution in [2.24, 2.45) is 17.8 Å². The number of benzene rings is 1. The Morgan fingerprint density at radius 2 is 1.83 bits per heavy atom. The first kappa shape index (κ1) is 25.6. The summed E-state index contributed by atoms with van der Waals surface area (Å²) in [5.74, 6) is -2.09. The van der Waals surface area contributed by atoms with Crippen molar-refractivity contribution in [3.63, 3.8) is 0 Å². The fourth-order valence-corrected chi connectivity index (χ4v) is 6.67. The van der Waals surface area contributed by atoms with Crippen LogP contribution in [0.25, 0.3) is 0 Å². The second-order valence-electron chi connectivity index (χ2n) is 11.1. The molecule has 3 amide bonds. The lowest BCUT2D eigenvalue weighted by atomic mass is 9.65. The summed E-state index contributed by atoms with van der Waals surface area (Å²) in [5, 5.41) is 16.2. The van der Waals surface area contributed by atoms with Crippen molar-refractivity contribution in [2.45, 2.75) is 89.6 Å². The first-order chi connectivity index (χ1) is 16.6. The number of amides is 3. The van der Waals surface area contributed by atoms with Gasteiger partial charge in [-0.25, -0.2) is 0 Å². The van der Waals surface area contributed by atoms with E-state index >= 15 is 0 Å². The minimum atomic E-state index is -1.09. The predicted octanol–water partition coefficient (Wildman–Crippen LogP) is 2.71. The summed E-state index contributed by atoms with van der Waals surface area (Å²) in [6, 6.07) is 7.65. The minimum Gasteiger partial charge on any atom is -0.394 e. The Morgan fingerprint density at radius 3 is 2.40 bits per heavy atom. The lowest BCUT2D eigenvalue weighted by Gasteiger charge is -2.38. The molecule has 3 saturated heterocycles. The Kier molecular flexibility index (Phi) is 6.99. The molecule has 8 nitrogen and oxygen atoms in total. The topological polar surface area (TPSA) is 108 Å². The van der Waals surface area contributed by atoms with E-state index in [4.69, 9.17) is 4.74 Å². The number of hydrogen-bond donors (Lipinski definition) is 3. The number of nitrogens with one attached hydrogen (secondary N) is 2. The number of aliphatic hydroxyl groups excluding tert-OH is 1. The Hall–Kier alpha value is -2.45. The van der Waals surface area contributed by atoms with Crippen LogP contribution in [0.1, 0.15) is 60.3 Å². The third-order valence-electron chi connectivity index (χ3n) is 7.97. The van der Waals surface area contributed by atoms with E-state index in [2.05, 4.69) is 10.6 Å². The molecule has 2 unspecified atom stereocenters. The average molecular weight is 486 g/mol. The van der Waals surface area contributed by atoms with E-state index in [1.54, 1.807) is 4.90 Å². The van der Waals surface area contributed by atoms with E-state index in [0.717, 1.165) is 0 Å². The second kappa shape index (κ2) is 9.54. The first-order valence-electron chi connectivity index (χ1n) is 12.9. The highest BCUT2D eigenvalue weighted by Crippen LogP contribution is 2.64. The number of para-hydroxylation sites is 1. The zero-order valence-corrected chi connectivity index (χ0v) is 21.4. The lowest BCUT2D eigenvalue weighted by molar-refractivity contribution is -0.150. The number of anilines is 1. The Bertz CT molecular complexity index is 967. The molecule has 0 radical (unpaired) electrons. The van der Waals surface area contributed by atoms with Crippen molar-refractivity contribution in [1.82, 2.24) is 10.2 Å². The highest BCUT2D eigenvalue weighted by atomic mass is 16.5. The van der Waals surface area contributed by atoms with E-state index in [1.165, 1.54) is 0 Å². The number of ether oxygens (including phenoxy) is 1. The van der Waals surface area contributed by atoms with Crippen LogP contribution < -0.4 is 10.6 Å². The third kappa shape index (κ3) is 4.14. The summed E-state index contributed by atoms with van der Waals surface area (Å²) in [6.45, 7) is 9.53. The van der Waals surface area contributed by atoms with Crippen LogP contribution in [0.2, 0.25) is 0 Å². The van der Waals surface area contributed by atoms with Crippen molar-refractivity contribution in [3.8, 4) is 0 Å². The number of aliphatic hydroxyl groups is 1. The molecule has 35 heavy (non-hydrogen) atoms. The largest absolute Gasteiger partial charge is 0.394 e. The van der Waals surface area contributed by atoms with Gasteiger partial charge < -0.3 is 25.4 Å². The molecule has 3 aliphatic rings. The van der Waals surface area contributed by atoms with Crippen LogP contribution in [-0.4, -0.2) is 63.7 Å². The molecule has 192 valence electrons. The normalized spacial score (nSPS) is 32.3. The zero-order valence-electron chi connectivity index (χ0n) is 21.4. The van der Waals surface area contributed by atoms with Crippen LogP contribution in [0.4, 0.5) is 5.69 Å². The second-order valence-corrected chi connectivity index (χ2v) is 11.1. The molecule has 4 rings (SSSR count). The van der Waals surface area contributed by atoms with Crippen molar-refractivity contribution in [3.05, 3.63) is 30.3 Å². The van der Waals surface area contributed by atoms with Gasteiger partial charge in [0.25, 0.3) is 0 Å². The number of carbonyl (C=O) groups excluding carboxylic acids is 3. The Morgan fingerprint density at radius 1 is 1.14 bits per heavy atom. The predicted molar refractivity (Wildman–Crippen MR) is 132 cm³/mol. The SMILES string of the molecule is CC[C@]12CCC3(O1)C(C(=O)NC(C)C)N([C@@H](CO)CC(C)C)C(=O)[C@@H]3[C@H]2C(=O)Nc1ccccc1. The van der Waals surface area contributed by atoms with Gasteiger partial charge >= 0.3 is 0 Å². The molecule has 1 aromatic rings. The molecule has 0 aromatic heterocycles. The van der Waals surface area contributed by atoms with Gasteiger partial charge in [-0.3, -0.25) is 14.4 Å². The highest BCUT2D eigenvalue weighted by molar-refractivity contribution is 6.02. The van der Waals surface area contributed by atoms with E-state index in [1.807, 2.05) is 65.0 Å². The maximum Gasteiger partial charge on any atom is 0.246 e. The number of fused-ring (bicyclic) bond motifs is 1. The lowest BCUT2D eigenvalue weighted by Crippen LogP contribution is -2.59. The van der Waals surface area contributed by atoms with Gasteiger partial charge in [0.15, 0.2) is 0 Å². The molecule has 2 bridgehead atoms. The quantitative estimate of drug-likeness (QED) is 0.499. The standard InChI is InChI=1S/C27H39N3O5/c1-6-26-12-13-27(35-26)21(20(26)23(32)29-18-10-8-7-9-11-18)25(34)30(19(15-31)14-16(2)3)22(27)24(33)28-17(4)5/h7-11,16-17,19-22,31H,6,12-15H2,1-5H3,(H,28,33)(H,29,32)/t19-,20+,21+,22?,26-,27?/m1/s1. The minimum absolute atomic E-state index is 0.122. The maximum absolute atomic E-state index is 14.2. The van der Waals surface area contributed by atoms with Gasteiger partial charge in [-0.2, -0.15) is 0 Å². The first-order valence-corrected chi connectivity index (χ1v) is 12.9. The Labute approximate surface area is 207 Å². The average Bonchev–Trinajstić information content (AvgIpc) is 3.41. The van der Waals surface area contributed by atoms with Gasteiger partial charge in [0.05, 0.1) is 30.1 Å². The molecule has 0 aliphatic carbocycles. The van der Waals surface area contributed by atoms with Gasteiger partial charge in [0.2, 0.25) is 17.7 Å². The summed E-state index contributed by atoms with van der Waals surface area (Å²) in [7, 11) is 0. The van der Waals surface area contributed by atoms with E-state index in [0.29, 0.717) is 31.4 Å². The van der Waals surface area contributed by atoms with Crippen molar-refractivity contribution < 1.29 is 24.2 Å². The van der Waals surface area contributed by atoms with Crippen LogP contribution >= 0.6 is 0 Å². The molecule has 8 heteroatoms. The van der Waals surface area contributed by atoms with E-state index < -0.39 is 35.1 Å². The van der Waals surface area contributed by atoms with Crippen LogP contribution in [0, 0.1) is 17.8 Å². The van der Waals surface area contributed by atoms with Crippen LogP contribution in [-0.2, 0) is 19.1 Å². The van der Waals surface area contributed by atoms with Crippen molar-refractivity contribution >= 4 is 23.4 Å². The summed E-state index contributed by atoms with van der Waals surface area (Å²) >= 11 is 0. The Balaban J connectivity index is 1.78. The summed E-state index contributed by atoms with van der Waals surface area (Å²) < 4.78 is 6.74. The summed E-state index contributed by atoms with van der Waals surface area (Å²) in [6.07, 6.45) is 2.25. The van der Waals surface area contributed by atoms with Gasteiger partial charge in [-0.1, -0.05) is 39.0 Å². The fraction of sp³-hybridized carbons (Fsp3) is 0.667. The number of carbonyl (C=O) groups is 3. The summed E-state index contributed by atoms with van der Waals surface area (Å²) in [4.78, 5) is 43.1. The van der Waals surface area contributed by atoms with Crippen LogP contribution in [0.3, 0.4) is 0 Å². The van der Waals surface area contributed by atoms with Gasteiger partial charge in [0, 0.05) is 11.7 Å². The molecule has 3 fully saturated rings. The fourth-order valence-electron chi connectivity index (χ4n) is 6.67. The molecule has 3 aliphatic heterocycles. The van der Waals surface area contributed by atoms with Crippen molar-refractivity contribution in [1.29, 1.82) is 0 Å². The van der Waals surface area contributed by atoms with Gasteiger partial charge in [-0.05, 0) is 57.6 Å². The number of likely N-dealkylation sites (tertiary alicyclic amines) is 1. The summed E-state index contributed by atoms with van der Waals surface area (Å²) in [5.41, 5.74) is -1.23. The molecule has 1 spiro atoms. The monoisotopic (exact) mass is 485 g/mol. The van der Waals surface area contributed by atoms with E-state index in [-0.39, 0.29) is 36.3 Å². The highest BCUT2D eigenvalue weighted by Gasteiger charge is 2.79. The van der Waals surface area contributed by atoms with Crippen LogP contribution in [0.5, 0.6) is 0 Å². The smallest absolute Gasteiger partial charge is 0.246 e.